The molecule has 3 rings (SSSR count). The average molecular weight is 265 g/mol. The number of nitrogens with zero attached hydrogens (tertiary/aromatic N) is 1. The van der Waals surface area contributed by atoms with Gasteiger partial charge < -0.3 is 10.6 Å². The van der Waals surface area contributed by atoms with Crippen LogP contribution in [-0.4, -0.2) is 49.1 Å². The Morgan fingerprint density at radius 2 is 1.95 bits per heavy atom. The van der Waals surface area contributed by atoms with E-state index in [0.29, 0.717) is 6.04 Å². The lowest BCUT2D eigenvalue weighted by Gasteiger charge is -2.37. The maximum absolute atomic E-state index is 12.3. The van der Waals surface area contributed by atoms with Crippen LogP contribution < -0.4 is 10.6 Å². The van der Waals surface area contributed by atoms with Crippen molar-refractivity contribution in [2.75, 3.05) is 26.2 Å². The maximum atomic E-state index is 12.3. The van der Waals surface area contributed by atoms with Gasteiger partial charge in [0.05, 0.1) is 6.04 Å². The van der Waals surface area contributed by atoms with Crippen LogP contribution in [0.4, 0.5) is 0 Å². The molecule has 0 aromatic carbocycles. The van der Waals surface area contributed by atoms with Crippen molar-refractivity contribution in [3.05, 3.63) is 0 Å². The van der Waals surface area contributed by atoms with Crippen molar-refractivity contribution in [3.8, 4) is 0 Å². The van der Waals surface area contributed by atoms with Crippen molar-refractivity contribution in [2.45, 2.75) is 57.0 Å². The van der Waals surface area contributed by atoms with E-state index in [4.69, 9.17) is 0 Å². The van der Waals surface area contributed by atoms with Crippen molar-refractivity contribution in [1.29, 1.82) is 0 Å². The second-order valence-corrected chi connectivity index (χ2v) is 6.36. The minimum absolute atomic E-state index is 0.150. The van der Waals surface area contributed by atoms with Gasteiger partial charge in [0.1, 0.15) is 0 Å². The van der Waals surface area contributed by atoms with Crippen LogP contribution >= 0.6 is 0 Å². The van der Waals surface area contributed by atoms with E-state index in [1.807, 2.05) is 0 Å². The second kappa shape index (κ2) is 6.23. The number of nitrogens with one attached hydrogen (secondary N) is 2. The fraction of sp³-hybridized carbons (Fsp3) is 0.933. The fourth-order valence-corrected chi connectivity index (χ4v) is 4.15. The van der Waals surface area contributed by atoms with Crippen LogP contribution in [0.3, 0.4) is 0 Å². The van der Waals surface area contributed by atoms with Gasteiger partial charge in [0.2, 0.25) is 5.91 Å². The molecule has 4 heteroatoms. The molecule has 1 amide bonds. The molecule has 0 aromatic heterocycles. The quantitative estimate of drug-likeness (QED) is 0.786. The molecule has 3 atom stereocenters. The van der Waals surface area contributed by atoms with Crippen molar-refractivity contribution in [2.24, 2.45) is 5.92 Å². The summed E-state index contributed by atoms with van der Waals surface area (Å²) in [5, 5.41) is 6.63. The molecule has 3 heterocycles. The monoisotopic (exact) mass is 265 g/mol. The third-order valence-corrected chi connectivity index (χ3v) is 5.13. The van der Waals surface area contributed by atoms with Gasteiger partial charge in [-0.2, -0.15) is 0 Å². The summed E-state index contributed by atoms with van der Waals surface area (Å²) in [7, 11) is 0. The van der Waals surface area contributed by atoms with E-state index >= 15 is 0 Å². The number of likely N-dealkylation sites (tertiary alicyclic amines) is 1. The van der Waals surface area contributed by atoms with Gasteiger partial charge in [-0.05, 0) is 70.5 Å². The topological polar surface area (TPSA) is 44.4 Å². The number of rotatable bonds is 2. The molecule has 19 heavy (non-hydrogen) atoms. The SMILES string of the molecule is O=C1NCCCCC1N1CCCC1C1CCCNC1. The molecule has 4 nitrogen and oxygen atoms in total. The summed E-state index contributed by atoms with van der Waals surface area (Å²) in [4.78, 5) is 14.8. The van der Waals surface area contributed by atoms with E-state index in [0.717, 1.165) is 38.4 Å². The Hall–Kier alpha value is -0.610. The lowest BCUT2D eigenvalue weighted by atomic mass is 9.89. The van der Waals surface area contributed by atoms with Gasteiger partial charge in [0, 0.05) is 12.6 Å². The Bertz CT molecular complexity index is 315. The lowest BCUT2D eigenvalue weighted by molar-refractivity contribution is -0.127. The maximum Gasteiger partial charge on any atom is 0.237 e. The molecule has 108 valence electrons. The minimum atomic E-state index is 0.150. The molecule has 2 N–H and O–H groups in total. The Morgan fingerprint density at radius 3 is 2.79 bits per heavy atom. The molecule has 3 aliphatic rings. The highest BCUT2D eigenvalue weighted by Gasteiger charge is 2.39. The first kappa shape index (κ1) is 13.4. The zero-order valence-corrected chi connectivity index (χ0v) is 11.9. The molecule has 3 aliphatic heterocycles. The number of hydrogen-bond donors (Lipinski definition) is 2. The van der Waals surface area contributed by atoms with Crippen molar-refractivity contribution in [3.63, 3.8) is 0 Å². The first-order valence-corrected chi connectivity index (χ1v) is 8.10. The third-order valence-electron chi connectivity index (χ3n) is 5.13. The summed E-state index contributed by atoms with van der Waals surface area (Å²) in [5.41, 5.74) is 0. The number of piperidine rings is 1. The average Bonchev–Trinajstić information content (AvgIpc) is 2.83. The molecule has 0 saturated carbocycles. The van der Waals surface area contributed by atoms with Crippen molar-refractivity contribution < 1.29 is 4.79 Å². The molecule has 0 spiro atoms. The molecule has 0 aliphatic carbocycles. The van der Waals surface area contributed by atoms with Crippen LogP contribution in [0, 0.1) is 5.92 Å². The Balaban J connectivity index is 1.68. The van der Waals surface area contributed by atoms with Crippen LogP contribution in [0.2, 0.25) is 0 Å². The lowest BCUT2D eigenvalue weighted by Crippen LogP contribution is -2.52. The van der Waals surface area contributed by atoms with Crippen LogP contribution in [0.1, 0.15) is 44.9 Å². The van der Waals surface area contributed by atoms with Crippen molar-refractivity contribution in [1.82, 2.24) is 15.5 Å². The molecule has 3 unspecified atom stereocenters. The van der Waals surface area contributed by atoms with Crippen LogP contribution in [0.15, 0.2) is 0 Å². The normalized spacial score (nSPS) is 37.9. The molecule has 0 aromatic rings. The van der Waals surface area contributed by atoms with Gasteiger partial charge in [-0.3, -0.25) is 9.69 Å². The number of carbonyl (C=O) groups is 1. The molecule has 3 fully saturated rings. The van der Waals surface area contributed by atoms with Gasteiger partial charge in [-0.25, -0.2) is 0 Å². The van der Waals surface area contributed by atoms with Gasteiger partial charge in [0.25, 0.3) is 0 Å². The fourth-order valence-electron chi connectivity index (χ4n) is 4.15. The van der Waals surface area contributed by atoms with E-state index in [9.17, 15) is 4.79 Å². The summed E-state index contributed by atoms with van der Waals surface area (Å²) in [6, 6.07) is 0.790. The van der Waals surface area contributed by atoms with Gasteiger partial charge in [-0.1, -0.05) is 0 Å². The van der Waals surface area contributed by atoms with E-state index in [1.165, 1.54) is 38.6 Å². The number of hydrogen-bond acceptors (Lipinski definition) is 3. The van der Waals surface area contributed by atoms with Gasteiger partial charge in [0.15, 0.2) is 0 Å². The third kappa shape index (κ3) is 2.95. The Kier molecular flexibility index (Phi) is 4.38. The number of carbonyl (C=O) groups excluding carboxylic acids is 1. The van der Waals surface area contributed by atoms with E-state index in [-0.39, 0.29) is 11.9 Å². The summed E-state index contributed by atoms with van der Waals surface area (Å²) < 4.78 is 0. The van der Waals surface area contributed by atoms with E-state index < -0.39 is 0 Å². The predicted octanol–water partition coefficient (Wildman–Crippen LogP) is 1.12. The standard InChI is InChI=1S/C15H27N3O/c19-15-14(6-1-2-9-17-15)18-10-4-7-13(18)12-5-3-8-16-11-12/h12-14,16H,1-11H2,(H,17,19). The summed E-state index contributed by atoms with van der Waals surface area (Å²) in [6.07, 6.45) is 8.58. The molecule has 0 radical (unpaired) electrons. The van der Waals surface area contributed by atoms with Gasteiger partial charge >= 0.3 is 0 Å². The smallest absolute Gasteiger partial charge is 0.237 e. The van der Waals surface area contributed by atoms with Crippen LogP contribution in [0.25, 0.3) is 0 Å². The second-order valence-electron chi connectivity index (χ2n) is 6.36. The summed E-state index contributed by atoms with van der Waals surface area (Å²) in [5.74, 6) is 1.04. The Morgan fingerprint density at radius 1 is 1.00 bits per heavy atom. The van der Waals surface area contributed by atoms with Gasteiger partial charge in [-0.15, -0.1) is 0 Å². The predicted molar refractivity (Wildman–Crippen MR) is 76.0 cm³/mol. The summed E-state index contributed by atoms with van der Waals surface area (Å²) >= 11 is 0. The summed E-state index contributed by atoms with van der Waals surface area (Å²) in [6.45, 7) is 4.32. The molecular formula is C15H27N3O. The minimum Gasteiger partial charge on any atom is -0.355 e. The van der Waals surface area contributed by atoms with E-state index in [1.54, 1.807) is 0 Å². The van der Waals surface area contributed by atoms with Crippen LogP contribution in [0.5, 0.6) is 0 Å². The first-order valence-electron chi connectivity index (χ1n) is 8.10. The molecule has 0 bridgehead atoms. The molecule has 3 saturated heterocycles. The Labute approximate surface area is 116 Å². The number of amides is 1. The van der Waals surface area contributed by atoms with Crippen molar-refractivity contribution >= 4 is 5.91 Å². The first-order chi connectivity index (χ1) is 9.36. The highest BCUT2D eigenvalue weighted by molar-refractivity contribution is 5.82. The zero-order valence-electron chi connectivity index (χ0n) is 11.9. The molecular weight excluding hydrogens is 238 g/mol. The largest absolute Gasteiger partial charge is 0.355 e. The van der Waals surface area contributed by atoms with Crippen LogP contribution in [-0.2, 0) is 4.79 Å². The highest BCUT2D eigenvalue weighted by atomic mass is 16.2. The zero-order chi connectivity index (χ0) is 13.1. The highest BCUT2D eigenvalue weighted by Crippen LogP contribution is 2.31. The van der Waals surface area contributed by atoms with E-state index in [2.05, 4.69) is 15.5 Å².